The molecule has 0 amide bonds. The molecule has 96 valence electrons. The van der Waals surface area contributed by atoms with Gasteiger partial charge in [0.1, 0.15) is 6.10 Å². The highest BCUT2D eigenvalue weighted by atomic mass is 17.1. The van der Waals surface area contributed by atoms with Crippen LogP contribution in [0.1, 0.15) is 28.4 Å². The van der Waals surface area contributed by atoms with Gasteiger partial charge in [-0.25, -0.2) is 4.89 Å². The highest BCUT2D eigenvalue weighted by Crippen LogP contribution is 2.26. The predicted octanol–water partition coefficient (Wildman–Crippen LogP) is 4.55. The highest BCUT2D eigenvalue weighted by molar-refractivity contribution is 5.50. The summed E-state index contributed by atoms with van der Waals surface area (Å²) in [6, 6.07) is 15.4. The Labute approximate surface area is 113 Å². The molecule has 0 saturated carbocycles. The molecule has 0 heterocycles. The lowest BCUT2D eigenvalue weighted by Gasteiger charge is -2.14. The fourth-order valence-electron chi connectivity index (χ4n) is 1.93. The van der Waals surface area contributed by atoms with Crippen LogP contribution in [0.25, 0.3) is 12.2 Å². The van der Waals surface area contributed by atoms with Crippen molar-refractivity contribution in [2.75, 3.05) is 0 Å². The quantitative estimate of drug-likeness (QED) is 0.624. The van der Waals surface area contributed by atoms with Crippen LogP contribution in [0.2, 0.25) is 0 Å². The second-order valence-electron chi connectivity index (χ2n) is 4.23. The van der Waals surface area contributed by atoms with Crippen molar-refractivity contribution >= 4 is 12.2 Å². The summed E-state index contributed by atoms with van der Waals surface area (Å²) in [4.78, 5) is 4.62. The maximum atomic E-state index is 9.15. The van der Waals surface area contributed by atoms with Crippen molar-refractivity contribution in [1.82, 2.24) is 0 Å². The van der Waals surface area contributed by atoms with E-state index in [4.69, 9.17) is 5.26 Å². The van der Waals surface area contributed by atoms with Crippen LogP contribution in [0.5, 0.6) is 0 Å². The molecule has 0 aliphatic rings. The summed E-state index contributed by atoms with van der Waals surface area (Å²) in [7, 11) is 0. The van der Waals surface area contributed by atoms with E-state index in [1.807, 2.05) is 48.5 Å². The summed E-state index contributed by atoms with van der Waals surface area (Å²) in [6.45, 7) is 7.43. The molecule has 0 aliphatic heterocycles. The molecule has 0 fully saturated rings. The van der Waals surface area contributed by atoms with Crippen LogP contribution in [0, 0.1) is 0 Å². The maximum absolute atomic E-state index is 9.15. The molecule has 0 spiro atoms. The first-order valence-corrected chi connectivity index (χ1v) is 6.03. The summed E-state index contributed by atoms with van der Waals surface area (Å²) in [5.74, 6) is 0. The topological polar surface area (TPSA) is 29.5 Å². The van der Waals surface area contributed by atoms with Gasteiger partial charge in [-0.3, -0.25) is 5.26 Å². The lowest BCUT2D eigenvalue weighted by atomic mass is 9.99. The molecule has 0 aromatic heterocycles. The molecule has 2 aromatic carbocycles. The Bertz CT molecular complexity index is 501. The van der Waals surface area contributed by atoms with Gasteiger partial charge in [0, 0.05) is 0 Å². The molecule has 2 rings (SSSR count). The number of rotatable bonds is 5. The van der Waals surface area contributed by atoms with E-state index in [0.717, 1.165) is 22.3 Å². The highest BCUT2D eigenvalue weighted by Gasteiger charge is 2.14. The standard InChI is InChI=1S/C17H16O2/c1-3-13-5-9-15(10-6-13)17(19-18)16-11-7-14(4-2)8-12-16/h3-12,17-18H,1-2H2. The Morgan fingerprint density at radius 1 is 0.789 bits per heavy atom. The Kier molecular flexibility index (Phi) is 4.29. The minimum atomic E-state index is -0.488. The zero-order valence-corrected chi connectivity index (χ0v) is 10.6. The van der Waals surface area contributed by atoms with Crippen molar-refractivity contribution < 1.29 is 10.1 Å². The van der Waals surface area contributed by atoms with Gasteiger partial charge in [-0.1, -0.05) is 73.8 Å². The van der Waals surface area contributed by atoms with E-state index in [2.05, 4.69) is 18.0 Å². The second-order valence-corrected chi connectivity index (χ2v) is 4.23. The van der Waals surface area contributed by atoms with E-state index in [1.165, 1.54) is 0 Å². The number of hydrogen-bond donors (Lipinski definition) is 1. The van der Waals surface area contributed by atoms with Crippen LogP contribution in [0.15, 0.2) is 61.7 Å². The normalized spacial score (nSPS) is 10.4. The smallest absolute Gasteiger partial charge is 0.143 e. The molecule has 0 bridgehead atoms. The molecule has 2 heteroatoms. The molecule has 2 aromatic rings. The Hall–Kier alpha value is -2.16. The first kappa shape index (κ1) is 13.3. The van der Waals surface area contributed by atoms with Crippen molar-refractivity contribution in [3.05, 3.63) is 83.9 Å². The van der Waals surface area contributed by atoms with Crippen LogP contribution in [-0.4, -0.2) is 5.26 Å². The fourth-order valence-corrected chi connectivity index (χ4v) is 1.93. The maximum Gasteiger partial charge on any atom is 0.143 e. The van der Waals surface area contributed by atoms with Gasteiger partial charge < -0.3 is 0 Å². The van der Waals surface area contributed by atoms with Gasteiger partial charge in [0.2, 0.25) is 0 Å². The van der Waals surface area contributed by atoms with Gasteiger partial charge in [0.05, 0.1) is 0 Å². The molecule has 1 N–H and O–H groups in total. The van der Waals surface area contributed by atoms with Gasteiger partial charge in [-0.2, -0.15) is 0 Å². The molecule has 0 unspecified atom stereocenters. The molecule has 0 atom stereocenters. The summed E-state index contributed by atoms with van der Waals surface area (Å²) in [6.07, 6.45) is 3.06. The minimum absolute atomic E-state index is 0.488. The zero-order chi connectivity index (χ0) is 13.7. The Morgan fingerprint density at radius 2 is 1.16 bits per heavy atom. The monoisotopic (exact) mass is 252 g/mol. The van der Waals surface area contributed by atoms with E-state index >= 15 is 0 Å². The summed E-state index contributed by atoms with van der Waals surface area (Å²) in [5, 5.41) is 9.15. The van der Waals surface area contributed by atoms with Crippen molar-refractivity contribution in [3.8, 4) is 0 Å². The molecule has 0 aliphatic carbocycles. The number of hydrogen-bond acceptors (Lipinski definition) is 2. The van der Waals surface area contributed by atoms with E-state index < -0.39 is 6.10 Å². The lowest BCUT2D eigenvalue weighted by Crippen LogP contribution is -2.03. The average Bonchev–Trinajstić information content (AvgIpc) is 2.49. The largest absolute Gasteiger partial charge is 0.251 e. The van der Waals surface area contributed by atoms with Crippen molar-refractivity contribution in [2.45, 2.75) is 6.10 Å². The van der Waals surface area contributed by atoms with E-state index in [-0.39, 0.29) is 0 Å². The minimum Gasteiger partial charge on any atom is -0.251 e. The van der Waals surface area contributed by atoms with Crippen LogP contribution in [-0.2, 0) is 4.89 Å². The number of benzene rings is 2. The van der Waals surface area contributed by atoms with Crippen molar-refractivity contribution in [2.24, 2.45) is 0 Å². The van der Waals surface area contributed by atoms with Crippen LogP contribution >= 0.6 is 0 Å². The first-order valence-electron chi connectivity index (χ1n) is 6.03. The third kappa shape index (κ3) is 2.99. The van der Waals surface area contributed by atoms with E-state index in [9.17, 15) is 0 Å². The SMILES string of the molecule is C=Cc1ccc(C(OO)c2ccc(C=C)cc2)cc1. The van der Waals surface area contributed by atoms with Crippen molar-refractivity contribution in [1.29, 1.82) is 0 Å². The zero-order valence-electron chi connectivity index (χ0n) is 10.6. The summed E-state index contributed by atoms with van der Waals surface area (Å²) < 4.78 is 0. The van der Waals surface area contributed by atoms with E-state index in [1.54, 1.807) is 12.2 Å². The van der Waals surface area contributed by atoms with Crippen LogP contribution < -0.4 is 0 Å². The van der Waals surface area contributed by atoms with Gasteiger partial charge >= 0.3 is 0 Å². The lowest BCUT2D eigenvalue weighted by molar-refractivity contribution is -0.270. The van der Waals surface area contributed by atoms with Gasteiger partial charge in [0.25, 0.3) is 0 Å². The molecule has 0 radical (unpaired) electrons. The van der Waals surface area contributed by atoms with Crippen molar-refractivity contribution in [3.63, 3.8) is 0 Å². The van der Waals surface area contributed by atoms with Gasteiger partial charge in [-0.05, 0) is 22.3 Å². The summed E-state index contributed by atoms with van der Waals surface area (Å²) in [5.41, 5.74) is 3.84. The van der Waals surface area contributed by atoms with Crippen LogP contribution in [0.4, 0.5) is 0 Å². The van der Waals surface area contributed by atoms with E-state index in [0.29, 0.717) is 0 Å². The molecule has 19 heavy (non-hydrogen) atoms. The average molecular weight is 252 g/mol. The van der Waals surface area contributed by atoms with Gasteiger partial charge in [-0.15, -0.1) is 0 Å². The second kappa shape index (κ2) is 6.14. The third-order valence-electron chi connectivity index (χ3n) is 3.06. The Balaban J connectivity index is 2.31. The van der Waals surface area contributed by atoms with Crippen LogP contribution in [0.3, 0.4) is 0 Å². The third-order valence-corrected chi connectivity index (χ3v) is 3.06. The fraction of sp³-hybridized carbons (Fsp3) is 0.0588. The molecular weight excluding hydrogens is 236 g/mol. The molecule has 0 saturated heterocycles. The molecular formula is C17H16O2. The molecule has 2 nitrogen and oxygen atoms in total. The first-order chi connectivity index (χ1) is 9.28. The van der Waals surface area contributed by atoms with Gasteiger partial charge in [0.15, 0.2) is 0 Å². The Morgan fingerprint density at radius 3 is 1.42 bits per heavy atom. The predicted molar refractivity (Wildman–Crippen MR) is 78.6 cm³/mol. The summed E-state index contributed by atoms with van der Waals surface area (Å²) >= 11 is 0.